The first-order valence-corrected chi connectivity index (χ1v) is 10.6. The third-order valence-electron chi connectivity index (χ3n) is 4.59. The summed E-state index contributed by atoms with van der Waals surface area (Å²) in [6, 6.07) is 22.9. The first-order chi connectivity index (χ1) is 14.6. The number of unbranched alkanes of at least 4 members (excludes halogenated alkanes) is 1. The quantitative estimate of drug-likeness (QED) is 0.340. The number of benzene rings is 3. The highest BCUT2D eigenvalue weighted by atomic mass is 35.5. The molecule has 0 aliphatic heterocycles. The molecule has 0 radical (unpaired) electrons. The van der Waals surface area contributed by atoms with Crippen LogP contribution in [-0.4, -0.2) is 19.1 Å². The Balaban J connectivity index is 2.14. The van der Waals surface area contributed by atoms with Gasteiger partial charge in [-0.3, -0.25) is 0 Å². The number of para-hydroxylation sites is 2. The minimum absolute atomic E-state index is 0.298. The van der Waals surface area contributed by atoms with E-state index in [9.17, 15) is 4.79 Å². The predicted octanol–water partition coefficient (Wildman–Crippen LogP) is 7.25. The van der Waals surface area contributed by atoms with Gasteiger partial charge in [-0.15, -0.1) is 0 Å². The fraction of sp³-hybridized carbons (Fsp3) is 0.240. The average molecular weight is 424 g/mol. The highest BCUT2D eigenvalue weighted by molar-refractivity contribution is 6.33. The van der Waals surface area contributed by atoms with E-state index in [0.29, 0.717) is 28.7 Å². The largest absolute Gasteiger partial charge is 0.462 e. The predicted molar refractivity (Wildman–Crippen MR) is 122 cm³/mol. The summed E-state index contributed by atoms with van der Waals surface area (Å²) in [6.07, 6.45) is 2.00. The molecule has 3 aromatic rings. The first kappa shape index (κ1) is 21.7. The summed E-state index contributed by atoms with van der Waals surface area (Å²) < 4.78 is 11.4. The maximum absolute atomic E-state index is 12.5. The van der Waals surface area contributed by atoms with Gasteiger partial charge < -0.3 is 14.4 Å². The molecule has 30 heavy (non-hydrogen) atoms. The average Bonchev–Trinajstić information content (AvgIpc) is 2.77. The van der Waals surface area contributed by atoms with Crippen LogP contribution in [0.1, 0.15) is 37.0 Å². The normalized spacial score (nSPS) is 10.5. The highest BCUT2D eigenvalue weighted by Crippen LogP contribution is 2.42. The molecule has 0 saturated heterocycles. The number of nitrogens with zero attached hydrogens (tertiary/aromatic N) is 1. The number of esters is 1. The van der Waals surface area contributed by atoms with Crippen LogP contribution in [0, 0.1) is 0 Å². The number of anilines is 2. The number of carbonyl (C=O) groups excluding carboxylic acids is 1. The monoisotopic (exact) mass is 423 g/mol. The van der Waals surface area contributed by atoms with E-state index in [4.69, 9.17) is 21.1 Å². The zero-order valence-corrected chi connectivity index (χ0v) is 18.1. The topological polar surface area (TPSA) is 38.8 Å². The van der Waals surface area contributed by atoms with Crippen LogP contribution in [0.25, 0.3) is 0 Å². The van der Waals surface area contributed by atoms with E-state index in [1.54, 1.807) is 19.1 Å². The molecule has 0 unspecified atom stereocenters. The maximum Gasteiger partial charge on any atom is 0.338 e. The van der Waals surface area contributed by atoms with Crippen LogP contribution in [0.2, 0.25) is 5.02 Å². The summed E-state index contributed by atoms with van der Waals surface area (Å²) in [6.45, 7) is 4.98. The van der Waals surface area contributed by atoms with Gasteiger partial charge in [0.15, 0.2) is 5.75 Å². The molecule has 4 nitrogen and oxygen atoms in total. The Morgan fingerprint density at radius 2 is 1.63 bits per heavy atom. The van der Waals surface area contributed by atoms with Crippen LogP contribution in [-0.2, 0) is 4.74 Å². The number of carbonyl (C=O) groups is 1. The van der Waals surface area contributed by atoms with Crippen LogP contribution in [0.5, 0.6) is 11.5 Å². The fourth-order valence-corrected chi connectivity index (χ4v) is 3.38. The van der Waals surface area contributed by atoms with E-state index in [0.717, 1.165) is 30.8 Å². The van der Waals surface area contributed by atoms with Gasteiger partial charge in [0, 0.05) is 12.2 Å². The molecule has 0 aliphatic rings. The van der Waals surface area contributed by atoms with Crippen molar-refractivity contribution in [2.45, 2.75) is 26.7 Å². The third-order valence-corrected chi connectivity index (χ3v) is 4.87. The van der Waals surface area contributed by atoms with Gasteiger partial charge in [0.1, 0.15) is 5.75 Å². The second kappa shape index (κ2) is 10.7. The van der Waals surface area contributed by atoms with Gasteiger partial charge in [-0.2, -0.15) is 0 Å². The van der Waals surface area contributed by atoms with Gasteiger partial charge in [-0.1, -0.05) is 61.3 Å². The Kier molecular flexibility index (Phi) is 7.75. The summed E-state index contributed by atoms with van der Waals surface area (Å²) in [5.74, 6) is 0.777. The zero-order valence-electron chi connectivity index (χ0n) is 17.3. The molecule has 0 aromatic heterocycles. The lowest BCUT2D eigenvalue weighted by molar-refractivity contribution is 0.0526. The van der Waals surface area contributed by atoms with Crippen molar-refractivity contribution in [3.05, 3.63) is 83.4 Å². The van der Waals surface area contributed by atoms with E-state index < -0.39 is 5.97 Å². The standard InChI is InChI=1S/C25H26ClNO3/c1-3-5-16-27(20-12-8-6-9-13-20)23-18-19(25(28)29-4-2)17-22(26)24(23)30-21-14-10-7-11-15-21/h6-15,17-18H,3-5,16H2,1-2H3. The van der Waals surface area contributed by atoms with E-state index in [1.165, 1.54) is 0 Å². The minimum atomic E-state index is -0.407. The van der Waals surface area contributed by atoms with Crippen LogP contribution in [0.3, 0.4) is 0 Å². The molecule has 0 spiro atoms. The molecule has 0 aliphatic carbocycles. The summed E-state index contributed by atoms with van der Waals surface area (Å²) in [7, 11) is 0. The molecule has 0 bridgehead atoms. The Labute approximate surface area is 183 Å². The van der Waals surface area contributed by atoms with Crippen molar-refractivity contribution in [1.29, 1.82) is 0 Å². The molecule has 0 atom stereocenters. The van der Waals surface area contributed by atoms with E-state index >= 15 is 0 Å². The molecule has 0 amide bonds. The second-order valence-corrected chi connectivity index (χ2v) is 7.19. The lowest BCUT2D eigenvalue weighted by Crippen LogP contribution is -2.20. The molecule has 156 valence electrons. The van der Waals surface area contributed by atoms with Gasteiger partial charge in [0.2, 0.25) is 0 Å². The van der Waals surface area contributed by atoms with Crippen molar-refractivity contribution >= 4 is 28.9 Å². The molecule has 3 rings (SSSR count). The summed E-state index contributed by atoms with van der Waals surface area (Å²) in [5, 5.41) is 0.358. The molecule has 5 heteroatoms. The number of ether oxygens (including phenoxy) is 2. The molecule has 0 heterocycles. The van der Waals surface area contributed by atoms with Crippen LogP contribution >= 0.6 is 11.6 Å². The van der Waals surface area contributed by atoms with Crippen LogP contribution in [0.15, 0.2) is 72.8 Å². The van der Waals surface area contributed by atoms with E-state index in [2.05, 4.69) is 11.8 Å². The van der Waals surface area contributed by atoms with Crippen molar-refractivity contribution in [2.24, 2.45) is 0 Å². The number of rotatable bonds is 9. The van der Waals surface area contributed by atoms with Crippen LogP contribution < -0.4 is 9.64 Å². The Morgan fingerprint density at radius 3 is 2.27 bits per heavy atom. The van der Waals surface area contributed by atoms with E-state index in [-0.39, 0.29) is 0 Å². The maximum atomic E-state index is 12.5. The molecule has 3 aromatic carbocycles. The lowest BCUT2D eigenvalue weighted by atomic mass is 10.1. The molecule has 0 N–H and O–H groups in total. The zero-order chi connectivity index (χ0) is 21.3. The lowest BCUT2D eigenvalue weighted by Gasteiger charge is -2.28. The van der Waals surface area contributed by atoms with Crippen molar-refractivity contribution in [1.82, 2.24) is 0 Å². The van der Waals surface area contributed by atoms with Gasteiger partial charge in [0.25, 0.3) is 0 Å². The molecular formula is C25H26ClNO3. The van der Waals surface area contributed by atoms with Gasteiger partial charge in [-0.05, 0) is 49.7 Å². The second-order valence-electron chi connectivity index (χ2n) is 6.78. The molecule has 0 fully saturated rings. The summed E-state index contributed by atoms with van der Waals surface area (Å²) in [5.41, 5.74) is 2.13. The molecular weight excluding hydrogens is 398 g/mol. The number of halogens is 1. The van der Waals surface area contributed by atoms with Crippen molar-refractivity contribution in [2.75, 3.05) is 18.1 Å². The van der Waals surface area contributed by atoms with Gasteiger partial charge in [0.05, 0.1) is 22.9 Å². The number of hydrogen-bond acceptors (Lipinski definition) is 4. The van der Waals surface area contributed by atoms with Crippen molar-refractivity contribution < 1.29 is 14.3 Å². The van der Waals surface area contributed by atoms with Crippen molar-refractivity contribution in [3.8, 4) is 11.5 Å². The Hall–Kier alpha value is -2.98. The Bertz CT molecular complexity index is 961. The first-order valence-electron chi connectivity index (χ1n) is 10.2. The minimum Gasteiger partial charge on any atom is -0.462 e. The van der Waals surface area contributed by atoms with Gasteiger partial charge >= 0.3 is 5.97 Å². The highest BCUT2D eigenvalue weighted by Gasteiger charge is 2.22. The summed E-state index contributed by atoms with van der Waals surface area (Å²) >= 11 is 6.63. The summed E-state index contributed by atoms with van der Waals surface area (Å²) in [4.78, 5) is 14.6. The number of hydrogen-bond donors (Lipinski definition) is 0. The fourth-order valence-electron chi connectivity index (χ4n) is 3.13. The van der Waals surface area contributed by atoms with Crippen molar-refractivity contribution in [3.63, 3.8) is 0 Å². The third kappa shape index (κ3) is 5.33. The smallest absolute Gasteiger partial charge is 0.338 e. The molecule has 0 saturated carbocycles. The van der Waals surface area contributed by atoms with Crippen LogP contribution in [0.4, 0.5) is 11.4 Å². The Morgan fingerprint density at radius 1 is 0.967 bits per heavy atom. The van der Waals surface area contributed by atoms with E-state index in [1.807, 2.05) is 60.7 Å². The van der Waals surface area contributed by atoms with Gasteiger partial charge in [-0.25, -0.2) is 4.79 Å². The SMILES string of the molecule is CCCCN(c1ccccc1)c1cc(C(=O)OCC)cc(Cl)c1Oc1ccccc1.